The topological polar surface area (TPSA) is 45.8 Å². The van der Waals surface area contributed by atoms with Crippen molar-refractivity contribution in [1.82, 2.24) is 15.5 Å². The van der Waals surface area contributed by atoms with Crippen LogP contribution in [0.25, 0.3) is 0 Å². The summed E-state index contributed by atoms with van der Waals surface area (Å²) in [6.45, 7) is 10.5. The second-order valence-electron chi connectivity index (χ2n) is 6.40. The Morgan fingerprint density at radius 2 is 2.14 bits per heavy atom. The summed E-state index contributed by atoms with van der Waals surface area (Å²) in [6.07, 6.45) is 3.81. The summed E-state index contributed by atoms with van der Waals surface area (Å²) in [5, 5.41) is 7.08. The highest BCUT2D eigenvalue weighted by Gasteiger charge is 2.39. The average Bonchev–Trinajstić information content (AvgIpc) is 2.78. The summed E-state index contributed by atoms with van der Waals surface area (Å²) in [6, 6.07) is 1.50. The van der Waals surface area contributed by atoms with Gasteiger partial charge in [-0.25, -0.2) is 0 Å². The van der Waals surface area contributed by atoms with Crippen LogP contribution in [-0.4, -0.2) is 75.6 Å². The van der Waals surface area contributed by atoms with Gasteiger partial charge in [-0.05, 0) is 19.8 Å². The molecule has 2 saturated heterocycles. The highest BCUT2D eigenvalue weighted by Crippen LogP contribution is 2.27. The second kappa shape index (κ2) is 9.06. The summed E-state index contributed by atoms with van der Waals surface area (Å²) in [5.41, 5.74) is 0. The molecule has 0 amide bonds. The minimum atomic E-state index is 0.355. The van der Waals surface area contributed by atoms with Gasteiger partial charge in [0.15, 0.2) is 0 Å². The fraction of sp³-hybridized carbons (Fsp3) is 1.00. The minimum absolute atomic E-state index is 0.355. The molecule has 0 aromatic heterocycles. The molecule has 2 fully saturated rings. The van der Waals surface area contributed by atoms with Crippen LogP contribution in [0, 0.1) is 0 Å². The fourth-order valence-corrected chi connectivity index (χ4v) is 3.50. The Labute approximate surface area is 129 Å². The normalized spacial score (nSPS) is 34.4. The number of nitrogens with zero attached hydrogens (tertiary/aromatic N) is 1. The standard InChI is InChI=1S/C16H33N3O2/c1-4-5-8-21-16-9-15(12-20-3)19(13(16)2)11-14-10-17-6-7-18-14/h13-18H,4-12H2,1-3H3/t13?,14-,15?,16?/m1/s1. The Balaban J connectivity index is 1.88. The minimum Gasteiger partial charge on any atom is -0.383 e. The number of piperazine rings is 1. The monoisotopic (exact) mass is 299 g/mol. The molecule has 2 rings (SSSR count). The molecule has 124 valence electrons. The molecular weight excluding hydrogens is 266 g/mol. The van der Waals surface area contributed by atoms with Gasteiger partial charge in [0.2, 0.25) is 0 Å². The smallest absolute Gasteiger partial charge is 0.0743 e. The van der Waals surface area contributed by atoms with Gasteiger partial charge in [-0.15, -0.1) is 0 Å². The Morgan fingerprint density at radius 1 is 1.29 bits per heavy atom. The third kappa shape index (κ3) is 4.89. The van der Waals surface area contributed by atoms with Crippen LogP contribution in [0.3, 0.4) is 0 Å². The zero-order valence-corrected chi connectivity index (χ0v) is 13.9. The molecule has 0 aromatic rings. The number of likely N-dealkylation sites (tertiary alicyclic amines) is 1. The van der Waals surface area contributed by atoms with E-state index in [9.17, 15) is 0 Å². The van der Waals surface area contributed by atoms with E-state index in [0.29, 0.717) is 24.2 Å². The van der Waals surface area contributed by atoms with Crippen LogP contribution >= 0.6 is 0 Å². The largest absolute Gasteiger partial charge is 0.383 e. The Hall–Kier alpha value is -0.200. The summed E-state index contributed by atoms with van der Waals surface area (Å²) in [5.74, 6) is 0. The maximum absolute atomic E-state index is 6.12. The number of hydrogen-bond donors (Lipinski definition) is 2. The summed E-state index contributed by atoms with van der Waals surface area (Å²) >= 11 is 0. The van der Waals surface area contributed by atoms with E-state index in [4.69, 9.17) is 9.47 Å². The van der Waals surface area contributed by atoms with Crippen LogP contribution in [0.2, 0.25) is 0 Å². The predicted molar refractivity (Wildman–Crippen MR) is 85.8 cm³/mol. The predicted octanol–water partition coefficient (Wildman–Crippen LogP) is 0.842. The van der Waals surface area contributed by atoms with Gasteiger partial charge in [0.05, 0.1) is 12.7 Å². The van der Waals surface area contributed by atoms with Crippen LogP contribution in [0.1, 0.15) is 33.1 Å². The lowest BCUT2D eigenvalue weighted by Crippen LogP contribution is -2.55. The number of rotatable bonds is 8. The third-order valence-electron chi connectivity index (χ3n) is 4.78. The van der Waals surface area contributed by atoms with Crippen molar-refractivity contribution in [2.45, 2.75) is 57.3 Å². The molecule has 0 aromatic carbocycles. The maximum Gasteiger partial charge on any atom is 0.0743 e. The lowest BCUT2D eigenvalue weighted by atomic mass is 10.1. The first kappa shape index (κ1) is 17.2. The Kier molecular flexibility index (Phi) is 7.40. The number of methoxy groups -OCH3 is 1. The lowest BCUT2D eigenvalue weighted by molar-refractivity contribution is 0.0274. The van der Waals surface area contributed by atoms with Crippen LogP contribution in [0.4, 0.5) is 0 Å². The molecule has 5 heteroatoms. The van der Waals surface area contributed by atoms with Crippen LogP contribution in [-0.2, 0) is 9.47 Å². The zero-order chi connectivity index (χ0) is 15.1. The van der Waals surface area contributed by atoms with E-state index in [1.165, 1.54) is 6.42 Å². The number of unbranched alkanes of at least 4 members (excludes halogenated alkanes) is 1. The number of hydrogen-bond acceptors (Lipinski definition) is 5. The van der Waals surface area contributed by atoms with E-state index in [1.54, 1.807) is 7.11 Å². The fourth-order valence-electron chi connectivity index (χ4n) is 3.50. The van der Waals surface area contributed by atoms with Crippen molar-refractivity contribution in [3.8, 4) is 0 Å². The molecule has 0 spiro atoms. The van der Waals surface area contributed by atoms with Crippen molar-refractivity contribution < 1.29 is 9.47 Å². The summed E-state index contributed by atoms with van der Waals surface area (Å²) in [7, 11) is 1.80. The van der Waals surface area contributed by atoms with E-state index in [1.807, 2.05) is 0 Å². The van der Waals surface area contributed by atoms with Crippen molar-refractivity contribution in [3.63, 3.8) is 0 Å². The molecule has 4 atom stereocenters. The molecule has 0 bridgehead atoms. The molecule has 2 aliphatic rings. The first-order valence-corrected chi connectivity index (χ1v) is 8.56. The van der Waals surface area contributed by atoms with Gasteiger partial charge < -0.3 is 20.1 Å². The summed E-state index contributed by atoms with van der Waals surface area (Å²) < 4.78 is 11.6. The van der Waals surface area contributed by atoms with Gasteiger partial charge in [0, 0.05) is 58.0 Å². The van der Waals surface area contributed by atoms with E-state index < -0.39 is 0 Å². The summed E-state index contributed by atoms with van der Waals surface area (Å²) in [4.78, 5) is 2.59. The first-order chi connectivity index (χ1) is 10.3. The maximum atomic E-state index is 6.12. The van der Waals surface area contributed by atoms with E-state index in [2.05, 4.69) is 29.4 Å². The molecule has 2 N–H and O–H groups in total. The molecule has 3 unspecified atom stereocenters. The van der Waals surface area contributed by atoms with E-state index >= 15 is 0 Å². The van der Waals surface area contributed by atoms with Crippen LogP contribution < -0.4 is 10.6 Å². The molecule has 2 heterocycles. The molecular formula is C16H33N3O2. The number of ether oxygens (including phenoxy) is 2. The molecule has 5 nitrogen and oxygen atoms in total. The Morgan fingerprint density at radius 3 is 2.81 bits per heavy atom. The quantitative estimate of drug-likeness (QED) is 0.651. The van der Waals surface area contributed by atoms with Gasteiger partial charge in [-0.1, -0.05) is 13.3 Å². The van der Waals surface area contributed by atoms with Crippen molar-refractivity contribution in [2.24, 2.45) is 0 Å². The van der Waals surface area contributed by atoms with Gasteiger partial charge >= 0.3 is 0 Å². The second-order valence-corrected chi connectivity index (χ2v) is 6.40. The first-order valence-electron chi connectivity index (χ1n) is 8.56. The molecule has 21 heavy (non-hydrogen) atoms. The van der Waals surface area contributed by atoms with Crippen LogP contribution in [0.15, 0.2) is 0 Å². The lowest BCUT2D eigenvalue weighted by Gasteiger charge is -2.34. The molecule has 0 radical (unpaired) electrons. The van der Waals surface area contributed by atoms with Gasteiger partial charge in [-0.2, -0.15) is 0 Å². The molecule has 0 aliphatic carbocycles. The van der Waals surface area contributed by atoms with Crippen LogP contribution in [0.5, 0.6) is 0 Å². The van der Waals surface area contributed by atoms with Gasteiger partial charge in [-0.3, -0.25) is 4.90 Å². The average molecular weight is 299 g/mol. The number of nitrogens with one attached hydrogen (secondary N) is 2. The van der Waals surface area contributed by atoms with Crippen molar-refractivity contribution in [1.29, 1.82) is 0 Å². The zero-order valence-electron chi connectivity index (χ0n) is 13.9. The SMILES string of the molecule is CCCCOC1CC(COC)N(C[C@H]2CNCCN2)C1C. The highest BCUT2D eigenvalue weighted by atomic mass is 16.5. The van der Waals surface area contributed by atoms with Crippen molar-refractivity contribution >= 4 is 0 Å². The molecule has 2 aliphatic heterocycles. The van der Waals surface area contributed by atoms with E-state index in [0.717, 1.165) is 52.2 Å². The Bertz CT molecular complexity index is 285. The third-order valence-corrected chi connectivity index (χ3v) is 4.78. The van der Waals surface area contributed by atoms with Gasteiger partial charge in [0.1, 0.15) is 0 Å². The molecule has 0 saturated carbocycles. The highest BCUT2D eigenvalue weighted by molar-refractivity contribution is 4.95. The van der Waals surface area contributed by atoms with Crippen molar-refractivity contribution in [2.75, 3.05) is 46.5 Å². The van der Waals surface area contributed by atoms with Crippen molar-refractivity contribution in [3.05, 3.63) is 0 Å². The van der Waals surface area contributed by atoms with E-state index in [-0.39, 0.29) is 0 Å². The van der Waals surface area contributed by atoms with Gasteiger partial charge in [0.25, 0.3) is 0 Å².